The molecule has 3 rings (SSSR count). The molecule has 1 aromatic rings. The molecule has 1 unspecified atom stereocenters. The van der Waals surface area contributed by atoms with E-state index >= 15 is 0 Å². The molecule has 3 amide bonds. The van der Waals surface area contributed by atoms with E-state index in [4.69, 9.17) is 4.74 Å². The number of piperazine rings is 1. The first-order valence-corrected chi connectivity index (χ1v) is 11.1. The molecule has 1 aromatic carbocycles. The van der Waals surface area contributed by atoms with Crippen LogP contribution < -0.4 is 5.32 Å². The molecule has 0 bridgehead atoms. The van der Waals surface area contributed by atoms with E-state index in [2.05, 4.69) is 29.0 Å². The van der Waals surface area contributed by atoms with Crippen LogP contribution in [0.15, 0.2) is 24.3 Å². The summed E-state index contributed by atoms with van der Waals surface area (Å²) in [6.45, 7) is 6.52. The lowest BCUT2D eigenvalue weighted by atomic mass is 9.90. The Balaban J connectivity index is 1.38. The molecule has 0 aliphatic carbocycles. The lowest BCUT2D eigenvalue weighted by Crippen LogP contribution is -2.49. The van der Waals surface area contributed by atoms with Crippen molar-refractivity contribution in [3.8, 4) is 11.8 Å². The molecule has 2 aliphatic heterocycles. The molecule has 0 radical (unpaired) electrons. The summed E-state index contributed by atoms with van der Waals surface area (Å²) in [5, 5.41) is 2.40. The molecule has 2 aliphatic rings. The van der Waals surface area contributed by atoms with E-state index in [1.165, 1.54) is 0 Å². The van der Waals surface area contributed by atoms with Crippen LogP contribution in [0.1, 0.15) is 56.1 Å². The first-order valence-electron chi connectivity index (χ1n) is 11.1. The molecule has 2 fully saturated rings. The van der Waals surface area contributed by atoms with Crippen molar-refractivity contribution >= 4 is 17.9 Å². The van der Waals surface area contributed by atoms with Crippen molar-refractivity contribution in [2.45, 2.75) is 44.9 Å². The number of carbonyl (C=O) groups is 3. The van der Waals surface area contributed by atoms with Gasteiger partial charge in [0.15, 0.2) is 0 Å². The molecule has 0 aromatic heterocycles. The lowest BCUT2D eigenvalue weighted by Gasteiger charge is -2.33. The van der Waals surface area contributed by atoms with Gasteiger partial charge in [0.1, 0.15) is 0 Å². The number of carbonyl (C=O) groups excluding carboxylic acids is 3. The molecule has 2 heterocycles. The van der Waals surface area contributed by atoms with Crippen molar-refractivity contribution in [3.05, 3.63) is 35.4 Å². The second kappa shape index (κ2) is 11.5. The van der Waals surface area contributed by atoms with E-state index < -0.39 is 0 Å². The number of ether oxygens (including phenoxy) is 1. The standard InChI is InChI=1S/C24H31N3O4/c1-2-3-18-31-24(30)27-16-14-26(15-17-27)13-5-4-6-19-7-9-20(10-8-19)21-11-12-22(28)25-23(21)29/h7-10,21H,2-3,5,11-18H2,1H3,(H,25,28,29). The SMILES string of the molecule is CCCCOC(=O)N1CCN(CCC#Cc2ccc(C3CCC(=O)NC3=O)cc2)CC1. The number of nitrogens with zero attached hydrogens (tertiary/aromatic N) is 2. The van der Waals surface area contributed by atoms with Gasteiger partial charge < -0.3 is 9.64 Å². The molecule has 31 heavy (non-hydrogen) atoms. The maximum Gasteiger partial charge on any atom is 0.409 e. The lowest BCUT2D eigenvalue weighted by molar-refractivity contribution is -0.134. The van der Waals surface area contributed by atoms with Crippen LogP contribution in [-0.4, -0.2) is 67.0 Å². The zero-order chi connectivity index (χ0) is 22.1. The van der Waals surface area contributed by atoms with Crippen LogP contribution >= 0.6 is 0 Å². The Labute approximate surface area is 184 Å². The Bertz CT molecular complexity index is 833. The van der Waals surface area contributed by atoms with Gasteiger partial charge in [0.05, 0.1) is 12.5 Å². The fraction of sp³-hybridized carbons (Fsp3) is 0.542. The van der Waals surface area contributed by atoms with Gasteiger partial charge >= 0.3 is 6.09 Å². The van der Waals surface area contributed by atoms with Crippen LogP contribution in [0.3, 0.4) is 0 Å². The Hall–Kier alpha value is -2.85. The van der Waals surface area contributed by atoms with Crippen LogP contribution in [0.4, 0.5) is 4.79 Å². The summed E-state index contributed by atoms with van der Waals surface area (Å²) >= 11 is 0. The molecule has 166 valence electrons. The minimum absolute atomic E-state index is 0.197. The van der Waals surface area contributed by atoms with Crippen LogP contribution in [0, 0.1) is 11.8 Å². The summed E-state index contributed by atoms with van der Waals surface area (Å²) < 4.78 is 5.27. The highest BCUT2D eigenvalue weighted by atomic mass is 16.6. The average Bonchev–Trinajstić information content (AvgIpc) is 2.78. The number of unbranched alkanes of at least 4 members (excludes halogenated alkanes) is 1. The second-order valence-electron chi connectivity index (χ2n) is 7.97. The Morgan fingerprint density at radius 2 is 1.90 bits per heavy atom. The number of amides is 3. The van der Waals surface area contributed by atoms with E-state index in [-0.39, 0.29) is 23.8 Å². The van der Waals surface area contributed by atoms with Gasteiger partial charge in [-0.2, -0.15) is 0 Å². The van der Waals surface area contributed by atoms with Gasteiger partial charge in [-0.05, 0) is 30.5 Å². The number of imide groups is 1. The van der Waals surface area contributed by atoms with Crippen LogP contribution in [0.5, 0.6) is 0 Å². The van der Waals surface area contributed by atoms with Gasteiger partial charge in [-0.25, -0.2) is 4.79 Å². The molecule has 0 saturated carbocycles. The van der Waals surface area contributed by atoms with E-state index in [0.717, 1.165) is 50.0 Å². The summed E-state index contributed by atoms with van der Waals surface area (Å²) in [6, 6.07) is 7.69. The first kappa shape index (κ1) is 22.8. The predicted molar refractivity (Wildman–Crippen MR) is 117 cm³/mol. The third kappa shape index (κ3) is 6.83. The number of hydrogen-bond acceptors (Lipinski definition) is 5. The smallest absolute Gasteiger partial charge is 0.409 e. The number of hydrogen-bond donors (Lipinski definition) is 1. The molecular weight excluding hydrogens is 394 g/mol. The van der Waals surface area contributed by atoms with Gasteiger partial charge in [0, 0.05) is 51.1 Å². The first-order chi connectivity index (χ1) is 15.1. The van der Waals surface area contributed by atoms with Gasteiger partial charge in [-0.1, -0.05) is 37.3 Å². The molecule has 7 heteroatoms. The van der Waals surface area contributed by atoms with Crippen molar-refractivity contribution in [3.63, 3.8) is 0 Å². The third-order valence-electron chi connectivity index (χ3n) is 5.69. The van der Waals surface area contributed by atoms with Gasteiger partial charge in [-0.15, -0.1) is 0 Å². The Morgan fingerprint density at radius 1 is 1.16 bits per heavy atom. The van der Waals surface area contributed by atoms with Gasteiger partial charge in [0.25, 0.3) is 0 Å². The van der Waals surface area contributed by atoms with Gasteiger partial charge in [0.2, 0.25) is 11.8 Å². The number of nitrogens with one attached hydrogen (secondary N) is 1. The average molecular weight is 426 g/mol. The summed E-state index contributed by atoms with van der Waals surface area (Å²) in [5.74, 6) is 5.71. The fourth-order valence-electron chi connectivity index (χ4n) is 3.74. The number of rotatable bonds is 6. The van der Waals surface area contributed by atoms with Gasteiger partial charge in [-0.3, -0.25) is 19.8 Å². The van der Waals surface area contributed by atoms with Crippen molar-refractivity contribution < 1.29 is 19.1 Å². The summed E-state index contributed by atoms with van der Waals surface area (Å²) in [7, 11) is 0. The zero-order valence-electron chi connectivity index (χ0n) is 18.2. The molecule has 1 N–H and O–H groups in total. The minimum atomic E-state index is -0.262. The van der Waals surface area contributed by atoms with Crippen molar-refractivity contribution in [2.75, 3.05) is 39.3 Å². The van der Waals surface area contributed by atoms with Crippen LogP contribution in [0.2, 0.25) is 0 Å². The monoisotopic (exact) mass is 425 g/mol. The number of benzene rings is 1. The molecular formula is C24H31N3O4. The largest absolute Gasteiger partial charge is 0.449 e. The van der Waals surface area contributed by atoms with E-state index in [1.54, 1.807) is 4.90 Å². The molecule has 7 nitrogen and oxygen atoms in total. The minimum Gasteiger partial charge on any atom is -0.449 e. The molecule has 0 spiro atoms. The third-order valence-corrected chi connectivity index (χ3v) is 5.69. The van der Waals surface area contributed by atoms with E-state index in [9.17, 15) is 14.4 Å². The van der Waals surface area contributed by atoms with E-state index in [0.29, 0.717) is 32.5 Å². The Kier molecular flexibility index (Phi) is 8.48. The normalized spacial score (nSPS) is 19.4. The maximum atomic E-state index is 12.0. The highest BCUT2D eigenvalue weighted by Gasteiger charge is 2.27. The summed E-state index contributed by atoms with van der Waals surface area (Å²) in [4.78, 5) is 39.3. The van der Waals surface area contributed by atoms with E-state index in [1.807, 2.05) is 24.3 Å². The van der Waals surface area contributed by atoms with Crippen LogP contribution in [0.25, 0.3) is 0 Å². The zero-order valence-corrected chi connectivity index (χ0v) is 18.2. The highest BCUT2D eigenvalue weighted by Crippen LogP contribution is 2.24. The maximum absolute atomic E-state index is 12.0. The quantitative estimate of drug-likeness (QED) is 0.430. The van der Waals surface area contributed by atoms with Crippen LogP contribution in [-0.2, 0) is 14.3 Å². The van der Waals surface area contributed by atoms with Crippen molar-refractivity contribution in [1.82, 2.24) is 15.1 Å². The Morgan fingerprint density at radius 3 is 2.58 bits per heavy atom. The molecule has 2 saturated heterocycles. The summed E-state index contributed by atoms with van der Waals surface area (Å²) in [5.41, 5.74) is 1.83. The number of piperidine rings is 1. The molecule has 1 atom stereocenters. The predicted octanol–water partition coefficient (Wildman–Crippen LogP) is 2.50. The van der Waals surface area contributed by atoms with Crippen molar-refractivity contribution in [2.24, 2.45) is 0 Å². The second-order valence-corrected chi connectivity index (χ2v) is 7.97. The highest BCUT2D eigenvalue weighted by molar-refractivity contribution is 6.00. The fourth-order valence-corrected chi connectivity index (χ4v) is 3.74. The summed E-state index contributed by atoms with van der Waals surface area (Å²) in [6.07, 6.45) is 3.42. The van der Waals surface area contributed by atoms with Crippen molar-refractivity contribution in [1.29, 1.82) is 0 Å². The topological polar surface area (TPSA) is 79.0 Å².